The molecule has 4 rings (SSSR count). The molecule has 0 radical (unpaired) electrons. The van der Waals surface area contributed by atoms with Gasteiger partial charge >= 0.3 is 0 Å². The lowest BCUT2D eigenvalue weighted by molar-refractivity contribution is 0.0303. The number of morpholine rings is 1. The number of amides is 1. The van der Waals surface area contributed by atoms with Crippen LogP contribution in [0.1, 0.15) is 10.4 Å². The van der Waals surface area contributed by atoms with Crippen molar-refractivity contribution in [2.75, 3.05) is 31.6 Å². The zero-order valence-electron chi connectivity index (χ0n) is 14.0. The number of nitrogens with zero attached hydrogens (tertiary/aromatic N) is 4. The van der Waals surface area contributed by atoms with E-state index in [1.165, 1.54) is 0 Å². The predicted molar refractivity (Wildman–Crippen MR) is 97.6 cm³/mol. The SMILES string of the molecule is Bc1cn2ccnc2c(Nc2ccc(C(=O)N3CCOCC3)cc2)n1. The molecule has 0 saturated carbocycles. The Hall–Kier alpha value is -2.87. The molecule has 1 aliphatic rings. The third kappa shape index (κ3) is 3.21. The second-order valence-corrected chi connectivity index (χ2v) is 6.00. The van der Waals surface area contributed by atoms with Crippen molar-refractivity contribution in [1.82, 2.24) is 19.3 Å². The van der Waals surface area contributed by atoms with E-state index in [2.05, 4.69) is 15.3 Å². The van der Waals surface area contributed by atoms with E-state index in [1.54, 1.807) is 6.20 Å². The average molecular weight is 335 g/mol. The van der Waals surface area contributed by atoms with Crippen molar-refractivity contribution >= 4 is 36.5 Å². The second-order valence-electron chi connectivity index (χ2n) is 6.00. The van der Waals surface area contributed by atoms with Crippen molar-refractivity contribution in [1.29, 1.82) is 0 Å². The van der Waals surface area contributed by atoms with E-state index in [-0.39, 0.29) is 5.91 Å². The highest BCUT2D eigenvalue weighted by Gasteiger charge is 2.18. The van der Waals surface area contributed by atoms with Gasteiger partial charge in [0.1, 0.15) is 0 Å². The number of hydrogen-bond acceptors (Lipinski definition) is 5. The molecule has 3 aromatic rings. The maximum atomic E-state index is 12.5. The Morgan fingerprint density at radius 2 is 1.96 bits per heavy atom. The molecule has 1 aromatic carbocycles. The van der Waals surface area contributed by atoms with Gasteiger partial charge in [-0.3, -0.25) is 4.79 Å². The van der Waals surface area contributed by atoms with Gasteiger partial charge in [0.05, 0.1) is 13.2 Å². The molecule has 1 amide bonds. The van der Waals surface area contributed by atoms with Crippen LogP contribution >= 0.6 is 0 Å². The van der Waals surface area contributed by atoms with E-state index in [4.69, 9.17) is 4.74 Å². The third-order valence-corrected chi connectivity index (χ3v) is 4.19. The Morgan fingerprint density at radius 3 is 2.72 bits per heavy atom. The van der Waals surface area contributed by atoms with Crippen LogP contribution < -0.4 is 10.9 Å². The molecule has 0 spiro atoms. The molecule has 126 valence electrons. The molecule has 1 aliphatic heterocycles. The minimum Gasteiger partial charge on any atom is -0.378 e. The van der Waals surface area contributed by atoms with Crippen LogP contribution in [0.3, 0.4) is 0 Å². The van der Waals surface area contributed by atoms with Crippen LogP contribution in [0.2, 0.25) is 0 Å². The van der Waals surface area contributed by atoms with Crippen LogP contribution in [-0.2, 0) is 4.74 Å². The van der Waals surface area contributed by atoms with Crippen molar-refractivity contribution < 1.29 is 9.53 Å². The fourth-order valence-electron chi connectivity index (χ4n) is 2.92. The lowest BCUT2D eigenvalue weighted by Gasteiger charge is -2.26. The number of carbonyl (C=O) groups is 1. The Labute approximate surface area is 146 Å². The molecule has 0 atom stereocenters. The normalized spacial score (nSPS) is 14.6. The average Bonchev–Trinajstić information content (AvgIpc) is 3.11. The van der Waals surface area contributed by atoms with Gasteiger partial charge in [0.2, 0.25) is 0 Å². The maximum Gasteiger partial charge on any atom is 0.254 e. The van der Waals surface area contributed by atoms with E-state index in [0.29, 0.717) is 37.7 Å². The van der Waals surface area contributed by atoms with Gasteiger partial charge in [-0.1, -0.05) is 0 Å². The lowest BCUT2D eigenvalue weighted by atomic mass is 10.1. The summed E-state index contributed by atoms with van der Waals surface area (Å²) < 4.78 is 7.22. The number of hydrogen-bond donors (Lipinski definition) is 1. The number of carbonyl (C=O) groups excluding carboxylic acids is 1. The van der Waals surface area contributed by atoms with E-state index >= 15 is 0 Å². The molecule has 25 heavy (non-hydrogen) atoms. The minimum absolute atomic E-state index is 0.0409. The van der Waals surface area contributed by atoms with Gasteiger partial charge in [0.25, 0.3) is 5.91 Å². The Bertz CT molecular complexity index is 903. The van der Waals surface area contributed by atoms with Gasteiger partial charge in [-0.05, 0) is 24.3 Å². The number of nitrogens with one attached hydrogen (secondary N) is 1. The molecule has 3 heterocycles. The van der Waals surface area contributed by atoms with Crippen LogP contribution in [-0.4, -0.2) is 59.3 Å². The first-order chi connectivity index (χ1) is 12.2. The van der Waals surface area contributed by atoms with Crippen molar-refractivity contribution in [3.8, 4) is 0 Å². The first kappa shape index (κ1) is 15.7. The monoisotopic (exact) mass is 335 g/mol. The fourth-order valence-corrected chi connectivity index (χ4v) is 2.92. The van der Waals surface area contributed by atoms with Crippen molar-refractivity contribution in [3.05, 3.63) is 48.4 Å². The second kappa shape index (κ2) is 6.56. The van der Waals surface area contributed by atoms with Crippen LogP contribution in [0.5, 0.6) is 0 Å². The van der Waals surface area contributed by atoms with Crippen molar-refractivity contribution in [2.45, 2.75) is 0 Å². The highest BCUT2D eigenvalue weighted by atomic mass is 16.5. The molecule has 7 nitrogen and oxygen atoms in total. The van der Waals surface area contributed by atoms with Gasteiger partial charge < -0.3 is 19.4 Å². The third-order valence-electron chi connectivity index (χ3n) is 4.19. The highest BCUT2D eigenvalue weighted by molar-refractivity contribution is 6.30. The standard InChI is InChI=1S/C17H18BN5O2/c18-14-11-23-6-5-19-16(23)15(21-14)20-13-3-1-12(2-4-13)17(24)22-7-9-25-10-8-22/h1-6,11H,7-10,18H2,(H,20,21). The molecule has 2 aromatic heterocycles. The van der Waals surface area contributed by atoms with Crippen molar-refractivity contribution in [3.63, 3.8) is 0 Å². The number of imidazole rings is 1. The molecular weight excluding hydrogens is 317 g/mol. The lowest BCUT2D eigenvalue weighted by Crippen LogP contribution is -2.40. The van der Waals surface area contributed by atoms with E-state index < -0.39 is 0 Å². The summed E-state index contributed by atoms with van der Waals surface area (Å²) in [6.07, 6.45) is 5.56. The van der Waals surface area contributed by atoms with Crippen molar-refractivity contribution in [2.24, 2.45) is 0 Å². The first-order valence-corrected chi connectivity index (χ1v) is 8.25. The van der Waals surface area contributed by atoms with Gasteiger partial charge in [-0.2, -0.15) is 0 Å². The molecular formula is C17H18BN5O2. The quantitative estimate of drug-likeness (QED) is 0.693. The van der Waals surface area contributed by atoms with Gasteiger partial charge in [0, 0.05) is 48.5 Å². The number of anilines is 2. The summed E-state index contributed by atoms with van der Waals surface area (Å²) in [6.45, 7) is 2.49. The Morgan fingerprint density at radius 1 is 1.20 bits per heavy atom. The zero-order chi connectivity index (χ0) is 17.2. The molecule has 1 N–H and O–H groups in total. The number of ether oxygens (including phenoxy) is 1. The van der Waals surface area contributed by atoms with Crippen LogP contribution in [0.4, 0.5) is 11.5 Å². The van der Waals surface area contributed by atoms with Gasteiger partial charge in [0.15, 0.2) is 19.3 Å². The predicted octanol–water partition coefficient (Wildman–Crippen LogP) is 0.204. The summed E-state index contributed by atoms with van der Waals surface area (Å²) in [5.74, 6) is 0.733. The molecule has 0 bridgehead atoms. The van der Waals surface area contributed by atoms with Crippen LogP contribution in [0, 0.1) is 0 Å². The van der Waals surface area contributed by atoms with Crippen LogP contribution in [0.15, 0.2) is 42.9 Å². The topological polar surface area (TPSA) is 71.8 Å². The zero-order valence-corrected chi connectivity index (χ0v) is 14.0. The summed E-state index contributed by atoms with van der Waals surface area (Å²) in [6, 6.07) is 7.44. The fraction of sp³-hybridized carbons (Fsp3) is 0.235. The largest absolute Gasteiger partial charge is 0.378 e. The van der Waals surface area contributed by atoms with E-state index in [1.807, 2.05) is 53.8 Å². The first-order valence-electron chi connectivity index (χ1n) is 8.25. The molecule has 1 saturated heterocycles. The number of benzene rings is 1. The highest BCUT2D eigenvalue weighted by Crippen LogP contribution is 2.19. The number of aromatic nitrogens is 3. The minimum atomic E-state index is 0.0409. The number of fused-ring (bicyclic) bond motifs is 1. The van der Waals surface area contributed by atoms with E-state index in [0.717, 1.165) is 16.9 Å². The molecule has 0 aliphatic carbocycles. The summed E-state index contributed by atoms with van der Waals surface area (Å²) >= 11 is 0. The number of rotatable bonds is 3. The van der Waals surface area contributed by atoms with Gasteiger partial charge in [-0.15, -0.1) is 0 Å². The van der Waals surface area contributed by atoms with Gasteiger partial charge in [-0.25, -0.2) is 9.97 Å². The Balaban J connectivity index is 1.54. The summed E-state index contributed by atoms with van der Waals surface area (Å²) in [4.78, 5) is 23.1. The summed E-state index contributed by atoms with van der Waals surface area (Å²) in [5.41, 5.74) is 3.20. The summed E-state index contributed by atoms with van der Waals surface area (Å²) in [7, 11) is 1.94. The molecule has 8 heteroatoms. The summed E-state index contributed by atoms with van der Waals surface area (Å²) in [5, 5.41) is 3.28. The smallest absolute Gasteiger partial charge is 0.254 e. The Kier molecular flexibility index (Phi) is 4.11. The van der Waals surface area contributed by atoms with E-state index in [9.17, 15) is 4.79 Å². The molecule has 0 unspecified atom stereocenters. The maximum absolute atomic E-state index is 12.5. The van der Waals surface area contributed by atoms with Crippen LogP contribution in [0.25, 0.3) is 5.65 Å². The molecule has 1 fully saturated rings.